The minimum Gasteiger partial charge on any atom is -0.493 e. The Kier molecular flexibility index (Phi) is 12.7. The molecule has 1 amide bonds. The molecule has 2 atom stereocenters. The van der Waals surface area contributed by atoms with Crippen LogP contribution in [0.4, 0.5) is 0 Å². The van der Waals surface area contributed by atoms with Crippen molar-refractivity contribution in [3.05, 3.63) is 76.5 Å². The number of ether oxygens (including phenoxy) is 1. The molecule has 0 spiro atoms. The molecule has 3 aromatic rings. The van der Waals surface area contributed by atoms with Gasteiger partial charge in [-0.3, -0.25) is 9.59 Å². The molecule has 3 rings (SSSR count). The van der Waals surface area contributed by atoms with Crippen LogP contribution in [0.15, 0.2) is 65.4 Å². The van der Waals surface area contributed by atoms with Gasteiger partial charge in [0.2, 0.25) is 0 Å². The maximum Gasteiger partial charge on any atom is 0.290 e. The standard InChI is InChI=1S/C28H35NO3S.CH2O2/c1-4-6-7-10-18-32-26-12-9-8-11-25(26)28(31)29(21(3)5-2)27(30)23-15-13-22(14-16-23)24-17-19-33-20-24;2-1-3/h8-9,11-17,19-21,28,31H,4-7,10,18H2,1-3H3;1H,(H,2,3). The molecule has 0 radical (unpaired) electrons. The molecular weight excluding hydrogens is 474 g/mol. The summed E-state index contributed by atoms with van der Waals surface area (Å²) < 4.78 is 6.01. The van der Waals surface area contributed by atoms with E-state index in [0.717, 1.165) is 30.4 Å². The number of carbonyl (C=O) groups excluding carboxylic acids is 1. The number of carboxylic acid groups (broad SMARTS) is 1. The van der Waals surface area contributed by atoms with Gasteiger partial charge in [-0.25, -0.2) is 0 Å². The van der Waals surface area contributed by atoms with Crippen molar-refractivity contribution in [1.82, 2.24) is 4.90 Å². The van der Waals surface area contributed by atoms with Crippen molar-refractivity contribution < 1.29 is 24.5 Å². The van der Waals surface area contributed by atoms with Gasteiger partial charge in [-0.05, 0) is 65.9 Å². The monoisotopic (exact) mass is 511 g/mol. The fourth-order valence-corrected chi connectivity index (χ4v) is 4.48. The molecular formula is C29H37NO5S. The molecule has 0 bridgehead atoms. The fourth-order valence-electron chi connectivity index (χ4n) is 3.82. The second-order valence-corrected chi connectivity index (χ2v) is 9.27. The Balaban J connectivity index is 0.00000145. The highest BCUT2D eigenvalue weighted by Crippen LogP contribution is 2.31. The van der Waals surface area contributed by atoms with Crippen LogP contribution in [-0.4, -0.2) is 40.1 Å². The van der Waals surface area contributed by atoms with Gasteiger partial charge >= 0.3 is 0 Å². The highest BCUT2D eigenvalue weighted by atomic mass is 32.1. The van der Waals surface area contributed by atoms with E-state index in [1.165, 1.54) is 12.8 Å². The van der Waals surface area contributed by atoms with E-state index in [1.54, 1.807) is 16.2 Å². The smallest absolute Gasteiger partial charge is 0.290 e. The van der Waals surface area contributed by atoms with E-state index < -0.39 is 6.23 Å². The summed E-state index contributed by atoms with van der Waals surface area (Å²) in [6.45, 7) is 6.52. The maximum absolute atomic E-state index is 13.5. The van der Waals surface area contributed by atoms with Crippen molar-refractivity contribution in [2.45, 2.75) is 65.1 Å². The lowest BCUT2D eigenvalue weighted by molar-refractivity contribution is -0.122. The van der Waals surface area contributed by atoms with Gasteiger partial charge in [-0.1, -0.05) is 63.4 Å². The second kappa shape index (κ2) is 15.8. The van der Waals surface area contributed by atoms with E-state index in [0.29, 0.717) is 23.5 Å². The normalized spacial score (nSPS) is 12.1. The van der Waals surface area contributed by atoms with E-state index in [1.807, 2.05) is 67.8 Å². The number of hydrogen-bond acceptors (Lipinski definition) is 5. The third-order valence-corrected chi connectivity index (χ3v) is 6.69. The summed E-state index contributed by atoms with van der Waals surface area (Å²) in [4.78, 5) is 23.5. The number of aliphatic hydroxyl groups excluding tert-OH is 1. The molecule has 36 heavy (non-hydrogen) atoms. The van der Waals surface area contributed by atoms with Crippen LogP contribution in [0.5, 0.6) is 5.75 Å². The zero-order valence-corrected chi connectivity index (χ0v) is 22.1. The third kappa shape index (κ3) is 8.21. The highest BCUT2D eigenvalue weighted by Gasteiger charge is 2.30. The molecule has 0 fully saturated rings. The fraction of sp³-hybridized carbons (Fsp3) is 0.379. The summed E-state index contributed by atoms with van der Waals surface area (Å²) in [5, 5.41) is 22.4. The molecule has 1 heterocycles. The molecule has 0 aliphatic carbocycles. The van der Waals surface area contributed by atoms with E-state index in [-0.39, 0.29) is 18.4 Å². The van der Waals surface area contributed by atoms with Crippen LogP contribution in [0.3, 0.4) is 0 Å². The largest absolute Gasteiger partial charge is 0.493 e. The average Bonchev–Trinajstić information content (AvgIpc) is 3.44. The number of thiophene rings is 1. The van der Waals surface area contributed by atoms with Gasteiger partial charge < -0.3 is 19.8 Å². The number of benzene rings is 2. The molecule has 0 aliphatic heterocycles. The van der Waals surface area contributed by atoms with Gasteiger partial charge in [-0.2, -0.15) is 11.3 Å². The number of carbonyl (C=O) groups is 2. The van der Waals surface area contributed by atoms with Gasteiger partial charge in [0.25, 0.3) is 12.4 Å². The van der Waals surface area contributed by atoms with Gasteiger partial charge in [0.15, 0.2) is 6.23 Å². The van der Waals surface area contributed by atoms with Crippen LogP contribution in [-0.2, 0) is 4.79 Å². The Hall–Kier alpha value is -3.16. The third-order valence-electron chi connectivity index (χ3n) is 6.00. The second-order valence-electron chi connectivity index (χ2n) is 8.49. The molecule has 1 aromatic heterocycles. The zero-order valence-electron chi connectivity index (χ0n) is 21.3. The topological polar surface area (TPSA) is 87.1 Å². The average molecular weight is 512 g/mol. The summed E-state index contributed by atoms with van der Waals surface area (Å²) in [5.41, 5.74) is 3.40. The predicted octanol–water partition coefficient (Wildman–Crippen LogP) is 7.01. The predicted molar refractivity (Wildman–Crippen MR) is 145 cm³/mol. The van der Waals surface area contributed by atoms with Crippen molar-refractivity contribution in [2.75, 3.05) is 6.61 Å². The lowest BCUT2D eigenvalue weighted by Crippen LogP contribution is -2.41. The van der Waals surface area contributed by atoms with Crippen molar-refractivity contribution in [2.24, 2.45) is 0 Å². The molecule has 2 aromatic carbocycles. The molecule has 194 valence electrons. The Morgan fingerprint density at radius 2 is 1.72 bits per heavy atom. The molecule has 0 aliphatic rings. The van der Waals surface area contributed by atoms with Crippen LogP contribution in [0.25, 0.3) is 11.1 Å². The van der Waals surface area contributed by atoms with Gasteiger partial charge in [0.1, 0.15) is 5.75 Å². The minimum absolute atomic E-state index is 0.137. The first-order valence-corrected chi connectivity index (χ1v) is 13.4. The Labute approximate surface area is 218 Å². The summed E-state index contributed by atoms with van der Waals surface area (Å²) in [7, 11) is 0. The van der Waals surface area contributed by atoms with Crippen molar-refractivity contribution in [3.63, 3.8) is 0 Å². The van der Waals surface area contributed by atoms with Crippen molar-refractivity contribution in [3.8, 4) is 16.9 Å². The van der Waals surface area contributed by atoms with E-state index in [9.17, 15) is 9.90 Å². The lowest BCUT2D eigenvalue weighted by Gasteiger charge is -2.34. The first kappa shape index (κ1) is 29.1. The number of amides is 1. The van der Waals surface area contributed by atoms with Crippen LogP contribution < -0.4 is 4.74 Å². The van der Waals surface area contributed by atoms with Gasteiger partial charge in [0.05, 0.1) is 6.61 Å². The van der Waals surface area contributed by atoms with Gasteiger partial charge in [0, 0.05) is 17.2 Å². The van der Waals surface area contributed by atoms with Crippen LogP contribution in [0.2, 0.25) is 0 Å². The summed E-state index contributed by atoms with van der Waals surface area (Å²) >= 11 is 1.65. The van der Waals surface area contributed by atoms with E-state index in [4.69, 9.17) is 14.6 Å². The SMILES string of the molecule is CCCCCCOc1ccccc1C(O)N(C(=O)c1ccc(-c2ccsc2)cc1)C(C)CC.O=CO. The van der Waals surface area contributed by atoms with Crippen LogP contribution in [0, 0.1) is 0 Å². The number of nitrogens with zero attached hydrogens (tertiary/aromatic N) is 1. The van der Waals surface area contributed by atoms with Crippen LogP contribution >= 0.6 is 11.3 Å². The quantitative estimate of drug-likeness (QED) is 0.155. The van der Waals surface area contributed by atoms with Crippen LogP contribution in [0.1, 0.15) is 75.0 Å². The Bertz CT molecular complexity index is 1040. The van der Waals surface area contributed by atoms with Gasteiger partial charge in [-0.15, -0.1) is 0 Å². The number of para-hydroxylation sites is 1. The lowest BCUT2D eigenvalue weighted by atomic mass is 10.0. The zero-order chi connectivity index (χ0) is 26.3. The molecule has 7 heteroatoms. The Morgan fingerprint density at radius 1 is 1.03 bits per heavy atom. The first-order chi connectivity index (χ1) is 17.5. The van der Waals surface area contributed by atoms with E-state index in [2.05, 4.69) is 18.4 Å². The number of aliphatic hydroxyl groups is 1. The van der Waals surface area contributed by atoms with Crippen molar-refractivity contribution >= 4 is 23.7 Å². The molecule has 2 unspecified atom stereocenters. The summed E-state index contributed by atoms with van der Waals surface area (Å²) in [5.74, 6) is 0.446. The summed E-state index contributed by atoms with van der Waals surface area (Å²) in [6, 6.07) is 17.0. The number of unbranched alkanes of at least 4 members (excludes halogenated alkanes) is 3. The Morgan fingerprint density at radius 3 is 2.33 bits per heavy atom. The number of rotatable bonds is 12. The molecule has 0 saturated carbocycles. The molecule has 0 saturated heterocycles. The van der Waals surface area contributed by atoms with Crippen molar-refractivity contribution in [1.29, 1.82) is 0 Å². The highest BCUT2D eigenvalue weighted by molar-refractivity contribution is 7.08. The van der Waals surface area contributed by atoms with E-state index >= 15 is 0 Å². The molecule has 2 N–H and O–H groups in total. The maximum atomic E-state index is 13.5. The minimum atomic E-state index is -1.09. The molecule has 6 nitrogen and oxygen atoms in total. The number of hydrogen-bond donors (Lipinski definition) is 2. The first-order valence-electron chi connectivity index (χ1n) is 12.4. The summed E-state index contributed by atoms with van der Waals surface area (Å²) in [6.07, 6.45) is 4.11.